The van der Waals surface area contributed by atoms with E-state index >= 15 is 0 Å². The average Bonchev–Trinajstić information content (AvgIpc) is 2.95. The van der Waals surface area contributed by atoms with E-state index in [0.717, 1.165) is 46.8 Å². The van der Waals surface area contributed by atoms with Gasteiger partial charge in [0, 0.05) is 32.4 Å². The largest absolute Gasteiger partial charge is 2.00 e. The van der Waals surface area contributed by atoms with Crippen LogP contribution < -0.4 is 10.2 Å². The van der Waals surface area contributed by atoms with Gasteiger partial charge in [-0.3, -0.25) is 0 Å². The third-order valence-electron chi connectivity index (χ3n) is 5.53. The van der Waals surface area contributed by atoms with E-state index in [1.807, 2.05) is 60.7 Å². The first kappa shape index (κ1) is 36.6. The van der Waals surface area contributed by atoms with Crippen LogP contribution in [0.1, 0.15) is 43.0 Å². The Morgan fingerprint density at radius 1 is 0.558 bits per heavy atom. The summed E-state index contributed by atoms with van der Waals surface area (Å²) in [5.41, 5.74) is -0.966. The van der Waals surface area contributed by atoms with E-state index in [2.05, 4.69) is 0 Å². The molecular formula is C30H20CaF6O4S2. The molecule has 0 bridgehead atoms. The summed E-state index contributed by atoms with van der Waals surface area (Å²) in [6, 6.07) is 23.8. The standard InChI is InChI=1S/2C15H11F3O2S.Ca/c2*16-15(17,18)11-6-7-13(12(8-11)14(19)20)21-9-10-4-2-1-3-5-10;/h2*1-8H,9H2,(H,19,20);/q;;+2/p-2. The van der Waals surface area contributed by atoms with Crippen LogP contribution in [-0.4, -0.2) is 49.7 Å². The van der Waals surface area contributed by atoms with Crippen LogP contribution in [0.5, 0.6) is 0 Å². The molecule has 0 unspecified atom stereocenters. The van der Waals surface area contributed by atoms with Gasteiger partial charge < -0.3 is 19.8 Å². The Morgan fingerprint density at radius 2 is 0.884 bits per heavy atom. The van der Waals surface area contributed by atoms with Crippen molar-refractivity contribution in [2.75, 3.05) is 0 Å². The topological polar surface area (TPSA) is 80.3 Å². The first-order valence-corrected chi connectivity index (χ1v) is 13.9. The van der Waals surface area contributed by atoms with Crippen LogP contribution >= 0.6 is 23.5 Å². The van der Waals surface area contributed by atoms with E-state index in [1.165, 1.54) is 12.1 Å². The smallest absolute Gasteiger partial charge is 0.545 e. The van der Waals surface area contributed by atoms with E-state index in [0.29, 0.717) is 23.6 Å². The second kappa shape index (κ2) is 16.4. The van der Waals surface area contributed by atoms with Gasteiger partial charge >= 0.3 is 50.1 Å². The number of hydrogen-bond donors (Lipinski definition) is 0. The Kier molecular flexibility index (Phi) is 14.0. The van der Waals surface area contributed by atoms with Gasteiger partial charge in [-0.1, -0.05) is 60.7 Å². The summed E-state index contributed by atoms with van der Waals surface area (Å²) in [6.45, 7) is 0. The SMILES string of the molecule is O=C([O-])c1cc(C(F)(F)F)ccc1SCc1ccccc1.O=C([O-])c1cc(C(F)(F)F)ccc1SCc1ccccc1.[Ca+2]. The van der Waals surface area contributed by atoms with Crippen LogP contribution in [0.25, 0.3) is 0 Å². The zero-order valence-corrected chi connectivity index (χ0v) is 25.9. The Balaban J connectivity index is 0.000000293. The molecule has 0 aliphatic heterocycles. The summed E-state index contributed by atoms with van der Waals surface area (Å²) in [6.07, 6.45) is -9.15. The summed E-state index contributed by atoms with van der Waals surface area (Å²) in [4.78, 5) is 22.6. The number of carboxylic acid groups (broad SMARTS) is 2. The van der Waals surface area contributed by atoms with Gasteiger partial charge in [-0.25, -0.2) is 0 Å². The maximum Gasteiger partial charge on any atom is 2.00 e. The molecule has 4 aromatic rings. The molecular weight excluding hydrogens is 643 g/mol. The number of alkyl halides is 6. The van der Waals surface area contributed by atoms with Crippen LogP contribution in [0.2, 0.25) is 0 Å². The first-order chi connectivity index (χ1) is 19.8. The molecule has 0 amide bonds. The molecule has 0 saturated carbocycles. The molecule has 0 N–H and O–H groups in total. The fourth-order valence-corrected chi connectivity index (χ4v) is 5.41. The van der Waals surface area contributed by atoms with Crippen molar-refractivity contribution in [1.29, 1.82) is 0 Å². The predicted molar refractivity (Wildman–Crippen MR) is 149 cm³/mol. The van der Waals surface area contributed by atoms with Crippen molar-refractivity contribution in [2.45, 2.75) is 33.6 Å². The van der Waals surface area contributed by atoms with Crippen LogP contribution in [0.3, 0.4) is 0 Å². The zero-order chi connectivity index (χ0) is 30.9. The molecule has 0 aliphatic carbocycles. The first-order valence-electron chi connectivity index (χ1n) is 11.9. The minimum atomic E-state index is -4.58. The Labute approximate surface area is 281 Å². The van der Waals surface area contributed by atoms with Crippen molar-refractivity contribution >= 4 is 73.2 Å². The fraction of sp³-hybridized carbons (Fsp3) is 0.133. The van der Waals surface area contributed by atoms with E-state index in [-0.39, 0.29) is 47.5 Å². The van der Waals surface area contributed by atoms with Crippen LogP contribution in [0.15, 0.2) is 107 Å². The molecule has 0 fully saturated rings. The van der Waals surface area contributed by atoms with Crippen molar-refractivity contribution in [3.05, 3.63) is 130 Å². The molecule has 220 valence electrons. The summed E-state index contributed by atoms with van der Waals surface area (Å²) in [5.74, 6) is -2.30. The van der Waals surface area contributed by atoms with E-state index in [1.54, 1.807) is 0 Å². The van der Waals surface area contributed by atoms with Crippen molar-refractivity contribution in [3.63, 3.8) is 0 Å². The molecule has 13 heteroatoms. The monoisotopic (exact) mass is 662 g/mol. The van der Waals surface area contributed by atoms with Gasteiger partial charge in [-0.05, 0) is 47.5 Å². The van der Waals surface area contributed by atoms with Crippen molar-refractivity contribution in [2.24, 2.45) is 0 Å². The number of hydrogen-bond acceptors (Lipinski definition) is 6. The second-order valence-corrected chi connectivity index (χ2v) is 10.6. The van der Waals surface area contributed by atoms with E-state index in [9.17, 15) is 46.1 Å². The van der Waals surface area contributed by atoms with Crippen LogP contribution in [0.4, 0.5) is 26.3 Å². The number of carbonyl (C=O) groups is 2. The summed E-state index contributed by atoms with van der Waals surface area (Å²) in [5, 5.41) is 22.0. The van der Waals surface area contributed by atoms with Crippen LogP contribution in [0, 0.1) is 0 Å². The summed E-state index contributed by atoms with van der Waals surface area (Å²) < 4.78 is 75.6. The molecule has 0 spiro atoms. The summed E-state index contributed by atoms with van der Waals surface area (Å²) in [7, 11) is 0. The molecule has 4 aromatic carbocycles. The van der Waals surface area contributed by atoms with Gasteiger partial charge in [0.1, 0.15) is 0 Å². The number of rotatable bonds is 8. The fourth-order valence-electron chi connectivity index (χ4n) is 3.45. The quantitative estimate of drug-likeness (QED) is 0.125. The molecule has 4 rings (SSSR count). The van der Waals surface area contributed by atoms with E-state index < -0.39 is 46.5 Å². The average molecular weight is 663 g/mol. The molecule has 0 atom stereocenters. The van der Waals surface area contributed by atoms with Gasteiger partial charge in [-0.2, -0.15) is 26.3 Å². The third-order valence-corrected chi connectivity index (χ3v) is 7.82. The molecule has 0 aliphatic rings. The molecule has 0 radical (unpaired) electrons. The number of carbonyl (C=O) groups excluding carboxylic acids is 2. The predicted octanol–water partition coefficient (Wildman–Crippen LogP) is 6.34. The van der Waals surface area contributed by atoms with Crippen molar-refractivity contribution < 1.29 is 46.1 Å². The Hall–Kier alpha value is -2.64. The van der Waals surface area contributed by atoms with Crippen molar-refractivity contribution in [3.8, 4) is 0 Å². The Bertz CT molecular complexity index is 1400. The maximum atomic E-state index is 12.6. The van der Waals surface area contributed by atoms with E-state index in [4.69, 9.17) is 0 Å². The molecule has 43 heavy (non-hydrogen) atoms. The van der Waals surface area contributed by atoms with Gasteiger partial charge in [0.05, 0.1) is 23.1 Å². The molecule has 0 aromatic heterocycles. The van der Waals surface area contributed by atoms with Gasteiger partial charge in [-0.15, -0.1) is 23.5 Å². The number of aromatic carboxylic acids is 2. The second-order valence-electron chi connectivity index (χ2n) is 8.54. The number of carboxylic acids is 2. The van der Waals surface area contributed by atoms with Gasteiger partial charge in [0.15, 0.2) is 0 Å². The normalized spacial score (nSPS) is 11.1. The molecule has 4 nitrogen and oxygen atoms in total. The Morgan fingerprint density at radius 3 is 1.16 bits per heavy atom. The zero-order valence-electron chi connectivity index (χ0n) is 22.1. The minimum absolute atomic E-state index is 0. The number of halogens is 6. The van der Waals surface area contributed by atoms with Crippen LogP contribution in [-0.2, 0) is 23.9 Å². The molecule has 0 saturated heterocycles. The third kappa shape index (κ3) is 11.4. The van der Waals surface area contributed by atoms with Crippen molar-refractivity contribution in [1.82, 2.24) is 0 Å². The molecule has 0 heterocycles. The number of benzene rings is 4. The van der Waals surface area contributed by atoms with Gasteiger partial charge in [0.25, 0.3) is 0 Å². The number of thioether (sulfide) groups is 2. The minimum Gasteiger partial charge on any atom is -0.545 e. The summed E-state index contributed by atoms with van der Waals surface area (Å²) >= 11 is 2.32. The van der Waals surface area contributed by atoms with Gasteiger partial charge in [0.2, 0.25) is 0 Å². The maximum absolute atomic E-state index is 12.6.